The molecule has 8 atom stereocenters. The summed E-state index contributed by atoms with van der Waals surface area (Å²) >= 11 is 0. The Balaban J connectivity index is 1.40. The minimum absolute atomic E-state index is 0.0354. The number of ether oxygens (including phenoxy) is 4. The van der Waals surface area contributed by atoms with Crippen molar-refractivity contribution in [3.05, 3.63) is 121 Å². The molecule has 55 heavy (non-hydrogen) atoms. The number of aliphatic hydroxyl groups is 1. The number of benzene rings is 3. The van der Waals surface area contributed by atoms with Gasteiger partial charge in [-0.15, -0.1) is 13.2 Å². The Labute approximate surface area is 321 Å². The van der Waals surface area contributed by atoms with Gasteiger partial charge in [0.2, 0.25) is 11.8 Å². The first kappa shape index (κ1) is 39.4. The molecule has 2 bridgehead atoms. The number of aliphatic hydroxyl groups excluding tert-OH is 1. The lowest BCUT2D eigenvalue weighted by molar-refractivity contribution is -0.163. The molecule has 3 aromatic carbocycles. The number of amides is 3. The van der Waals surface area contributed by atoms with Gasteiger partial charge in [0.25, 0.3) is 5.91 Å². The Morgan fingerprint density at radius 2 is 1.67 bits per heavy atom. The zero-order valence-corrected chi connectivity index (χ0v) is 31.3. The predicted octanol–water partition coefficient (Wildman–Crippen LogP) is 4.70. The van der Waals surface area contributed by atoms with Crippen molar-refractivity contribution < 1.29 is 43.2 Å². The van der Waals surface area contributed by atoms with E-state index in [1.54, 1.807) is 92.1 Å². The molecule has 6 rings (SSSR count). The van der Waals surface area contributed by atoms with E-state index in [-0.39, 0.29) is 25.5 Å². The van der Waals surface area contributed by atoms with Gasteiger partial charge in [-0.05, 0) is 54.7 Å². The fourth-order valence-electron chi connectivity index (χ4n) is 8.49. The van der Waals surface area contributed by atoms with E-state index in [4.69, 9.17) is 18.9 Å². The van der Waals surface area contributed by atoms with Crippen LogP contribution in [0.4, 0.5) is 5.69 Å². The van der Waals surface area contributed by atoms with Gasteiger partial charge in [0.1, 0.15) is 23.5 Å². The van der Waals surface area contributed by atoms with Crippen molar-refractivity contribution in [1.82, 2.24) is 10.2 Å². The van der Waals surface area contributed by atoms with Crippen LogP contribution in [0.3, 0.4) is 0 Å². The topological polar surface area (TPSA) is 144 Å². The lowest BCUT2D eigenvalue weighted by Gasteiger charge is -2.39. The van der Waals surface area contributed by atoms with Gasteiger partial charge >= 0.3 is 5.97 Å². The lowest BCUT2D eigenvalue weighted by atomic mass is 9.70. The van der Waals surface area contributed by atoms with E-state index in [1.165, 1.54) is 16.9 Å². The summed E-state index contributed by atoms with van der Waals surface area (Å²) in [7, 11) is 3.05. The number of likely N-dealkylation sites (tertiary alicyclic amines) is 1. The number of carbonyl (C=O) groups excluding carboxylic acids is 4. The molecular formula is C43H49N3O9. The average molecular weight is 752 g/mol. The summed E-state index contributed by atoms with van der Waals surface area (Å²) in [6, 6.07) is 22.1. The van der Waals surface area contributed by atoms with E-state index in [0.717, 1.165) is 0 Å². The number of anilines is 1. The molecular weight excluding hydrogens is 702 g/mol. The third kappa shape index (κ3) is 7.67. The van der Waals surface area contributed by atoms with Crippen molar-refractivity contribution in [1.29, 1.82) is 0 Å². The third-order valence-corrected chi connectivity index (χ3v) is 10.9. The Morgan fingerprint density at radius 1 is 1.00 bits per heavy atom. The first-order valence-electron chi connectivity index (χ1n) is 18.6. The molecule has 0 aliphatic carbocycles. The zero-order valence-electron chi connectivity index (χ0n) is 31.3. The average Bonchev–Trinajstić information content (AvgIpc) is 3.86. The summed E-state index contributed by atoms with van der Waals surface area (Å²) < 4.78 is 23.9. The maximum Gasteiger partial charge on any atom is 0.313 e. The number of hydrogen-bond acceptors (Lipinski definition) is 9. The van der Waals surface area contributed by atoms with Crippen molar-refractivity contribution in [3.8, 4) is 5.75 Å². The van der Waals surface area contributed by atoms with Crippen molar-refractivity contribution in [2.24, 2.45) is 11.8 Å². The standard InChI is InChI=1S/C43H49N3O9/c1-5-7-18-35(48)44-32(27-52-3)38(29-16-12-9-13-17-29)54-42(51)36-34-23-24-43(55-34)37(36)40(49)46(33(26-47)28-14-10-8-11-15-28)39(43)41(50)45(25-6-2)30-19-21-31(53-4)22-20-30/h5-6,8-17,19-22,32-34,36-39,47H,1-2,7,18,23-27H2,3-4H3,(H,44,48)/t32-,33+,34+,36-,37-,38-,39+,43-/m0/s1. The molecule has 3 saturated heterocycles. The highest BCUT2D eigenvalue weighted by molar-refractivity contribution is 6.05. The van der Waals surface area contributed by atoms with Gasteiger partial charge in [-0.2, -0.15) is 0 Å². The van der Waals surface area contributed by atoms with Crippen molar-refractivity contribution in [3.63, 3.8) is 0 Å². The summed E-state index contributed by atoms with van der Waals surface area (Å²) in [5.74, 6) is -3.43. The second-order valence-corrected chi connectivity index (χ2v) is 14.1. The fraction of sp³-hybridized carbons (Fsp3) is 0.395. The second kappa shape index (κ2) is 17.4. The molecule has 0 aromatic heterocycles. The number of methoxy groups -OCH3 is 2. The minimum Gasteiger partial charge on any atom is -0.497 e. The van der Waals surface area contributed by atoms with E-state index >= 15 is 9.59 Å². The Hall–Kier alpha value is -5.30. The van der Waals surface area contributed by atoms with Gasteiger partial charge in [-0.25, -0.2) is 0 Å². The Kier molecular flexibility index (Phi) is 12.5. The summed E-state index contributed by atoms with van der Waals surface area (Å²) in [5.41, 5.74) is 0.396. The molecule has 3 aliphatic rings. The van der Waals surface area contributed by atoms with E-state index in [0.29, 0.717) is 41.8 Å². The number of nitrogens with one attached hydrogen (secondary N) is 1. The van der Waals surface area contributed by atoms with Gasteiger partial charge in [0.15, 0.2) is 0 Å². The molecule has 290 valence electrons. The van der Waals surface area contributed by atoms with Crippen LogP contribution in [0.1, 0.15) is 49.0 Å². The lowest BCUT2D eigenvalue weighted by Crippen LogP contribution is -2.57. The second-order valence-electron chi connectivity index (χ2n) is 14.1. The number of hydrogen-bond donors (Lipinski definition) is 2. The molecule has 3 aromatic rings. The molecule has 3 amide bonds. The van der Waals surface area contributed by atoms with Crippen LogP contribution >= 0.6 is 0 Å². The number of allylic oxidation sites excluding steroid dienone is 1. The van der Waals surface area contributed by atoms with E-state index < -0.39 is 72.2 Å². The zero-order chi connectivity index (χ0) is 39.1. The number of fused-ring (bicyclic) bond motifs is 1. The van der Waals surface area contributed by atoms with Crippen molar-refractivity contribution >= 4 is 29.4 Å². The molecule has 3 fully saturated rings. The first-order valence-corrected chi connectivity index (χ1v) is 18.6. The van der Waals surface area contributed by atoms with Gasteiger partial charge in [0, 0.05) is 25.8 Å². The first-order chi connectivity index (χ1) is 26.7. The van der Waals surface area contributed by atoms with Gasteiger partial charge < -0.3 is 39.2 Å². The molecule has 12 heteroatoms. The van der Waals surface area contributed by atoms with Gasteiger partial charge in [-0.3, -0.25) is 19.2 Å². The van der Waals surface area contributed by atoms with Gasteiger partial charge in [0.05, 0.1) is 50.3 Å². The summed E-state index contributed by atoms with van der Waals surface area (Å²) in [4.78, 5) is 60.7. The summed E-state index contributed by atoms with van der Waals surface area (Å²) in [6.07, 6.45) is 2.94. The molecule has 0 unspecified atom stereocenters. The maximum atomic E-state index is 15.1. The highest BCUT2D eigenvalue weighted by Gasteiger charge is 2.76. The summed E-state index contributed by atoms with van der Waals surface area (Å²) in [5, 5.41) is 13.9. The highest BCUT2D eigenvalue weighted by atomic mass is 16.6. The number of rotatable bonds is 18. The molecule has 1 spiro atoms. The SMILES string of the molecule is C=CCCC(=O)N[C@@H](COC)[C@@H](OC(=O)[C@@H]1[C@H]2C(=O)N([C@H](CO)c3ccccc3)[C@H](C(=O)N(CC=C)c3ccc(OC)cc3)[C@]23CC[C@H]1O3)c1ccccc1. The molecule has 0 saturated carbocycles. The van der Waals surface area contributed by atoms with Crippen LogP contribution in [0.5, 0.6) is 5.75 Å². The van der Waals surface area contributed by atoms with Gasteiger partial charge in [-0.1, -0.05) is 72.8 Å². The van der Waals surface area contributed by atoms with Crippen LogP contribution in [-0.4, -0.2) is 91.5 Å². The fourth-order valence-corrected chi connectivity index (χ4v) is 8.49. The van der Waals surface area contributed by atoms with Crippen LogP contribution in [0.2, 0.25) is 0 Å². The van der Waals surface area contributed by atoms with E-state index in [2.05, 4.69) is 18.5 Å². The molecule has 2 N–H and O–H groups in total. The third-order valence-electron chi connectivity index (χ3n) is 10.9. The quantitative estimate of drug-likeness (QED) is 0.140. The van der Waals surface area contributed by atoms with E-state index in [1.807, 2.05) is 12.1 Å². The Morgan fingerprint density at radius 3 is 2.27 bits per heavy atom. The monoisotopic (exact) mass is 751 g/mol. The van der Waals surface area contributed by atoms with Crippen LogP contribution < -0.4 is 15.0 Å². The van der Waals surface area contributed by atoms with Crippen molar-refractivity contribution in [2.45, 2.75) is 61.6 Å². The van der Waals surface area contributed by atoms with Crippen LogP contribution in [-0.2, 0) is 33.4 Å². The molecule has 3 heterocycles. The molecule has 12 nitrogen and oxygen atoms in total. The van der Waals surface area contributed by atoms with Crippen LogP contribution in [0.25, 0.3) is 0 Å². The van der Waals surface area contributed by atoms with E-state index in [9.17, 15) is 14.7 Å². The number of esters is 1. The van der Waals surface area contributed by atoms with Crippen molar-refractivity contribution in [2.75, 3.05) is 38.9 Å². The number of nitrogens with zero attached hydrogens (tertiary/aromatic N) is 2. The minimum atomic E-state index is -1.40. The molecule has 3 aliphatic heterocycles. The predicted molar refractivity (Wildman–Crippen MR) is 205 cm³/mol. The van der Waals surface area contributed by atoms with Crippen LogP contribution in [0.15, 0.2) is 110 Å². The largest absolute Gasteiger partial charge is 0.497 e. The highest BCUT2D eigenvalue weighted by Crippen LogP contribution is 2.60. The summed E-state index contributed by atoms with van der Waals surface area (Å²) in [6.45, 7) is 7.26. The molecule has 0 radical (unpaired) electrons. The van der Waals surface area contributed by atoms with Crippen LogP contribution in [0, 0.1) is 11.8 Å². The maximum absolute atomic E-state index is 15.1. The Bertz CT molecular complexity index is 1840. The number of carbonyl (C=O) groups is 4. The normalized spacial score (nSPS) is 24.0. The smallest absolute Gasteiger partial charge is 0.313 e.